The van der Waals surface area contributed by atoms with Crippen LogP contribution < -0.4 is 15.4 Å². The lowest BCUT2D eigenvalue weighted by molar-refractivity contribution is 0.314. The smallest absolute Gasteiger partial charge is 0.191 e. The molecule has 1 aliphatic heterocycles. The Morgan fingerprint density at radius 2 is 2.03 bits per heavy atom. The molecule has 1 aromatic heterocycles. The summed E-state index contributed by atoms with van der Waals surface area (Å²) in [5, 5.41) is 15.6. The first kappa shape index (κ1) is 25.4. The van der Waals surface area contributed by atoms with E-state index < -0.39 is 0 Å². The second kappa shape index (κ2) is 13.5. The Kier molecular flexibility index (Phi) is 11.1. The van der Waals surface area contributed by atoms with Crippen molar-refractivity contribution in [2.45, 2.75) is 72.4 Å². The molecule has 1 aliphatic rings. The van der Waals surface area contributed by atoms with Gasteiger partial charge in [-0.15, -0.1) is 34.2 Å². The minimum absolute atomic E-state index is 0. The van der Waals surface area contributed by atoms with Crippen LogP contribution in [0.2, 0.25) is 0 Å². The number of nitrogens with zero attached hydrogens (tertiary/aromatic N) is 4. The number of fused-ring (bicyclic) bond motifs is 1. The molecule has 2 heterocycles. The van der Waals surface area contributed by atoms with Gasteiger partial charge in [-0.2, -0.15) is 0 Å². The van der Waals surface area contributed by atoms with Crippen molar-refractivity contribution in [1.29, 1.82) is 0 Å². The number of aliphatic imine (C=N–C) groups is 1. The molecule has 0 fully saturated rings. The Bertz CT molecular complexity index is 835. The van der Waals surface area contributed by atoms with Crippen LogP contribution in [0.5, 0.6) is 5.75 Å². The van der Waals surface area contributed by atoms with Crippen molar-refractivity contribution in [3.8, 4) is 5.75 Å². The van der Waals surface area contributed by atoms with Crippen molar-refractivity contribution in [1.82, 2.24) is 25.4 Å². The van der Waals surface area contributed by atoms with Crippen LogP contribution in [0.15, 0.2) is 23.2 Å². The first-order valence-corrected chi connectivity index (χ1v) is 11.4. The Balaban J connectivity index is 0.00000341. The van der Waals surface area contributed by atoms with E-state index in [1.165, 1.54) is 24.8 Å². The molecular weight excluding hydrogens is 503 g/mol. The molecular formula is C23H37IN6O. The molecule has 3 rings (SSSR count). The minimum Gasteiger partial charge on any atom is -0.493 e. The summed E-state index contributed by atoms with van der Waals surface area (Å²) in [6, 6.07) is 6.32. The number of ether oxygens (including phenoxy) is 1. The molecule has 0 aliphatic carbocycles. The van der Waals surface area contributed by atoms with Gasteiger partial charge in [-0.25, -0.2) is 4.99 Å². The normalized spacial score (nSPS) is 13.7. The van der Waals surface area contributed by atoms with Gasteiger partial charge >= 0.3 is 0 Å². The molecule has 1 aromatic carbocycles. The Labute approximate surface area is 203 Å². The fourth-order valence-corrected chi connectivity index (χ4v) is 3.67. The lowest BCUT2D eigenvalue weighted by Gasteiger charge is -2.14. The molecule has 0 saturated carbocycles. The number of aromatic nitrogens is 3. The van der Waals surface area contributed by atoms with Crippen molar-refractivity contribution in [3.63, 3.8) is 0 Å². The van der Waals surface area contributed by atoms with Crippen LogP contribution in [0.25, 0.3) is 0 Å². The Morgan fingerprint density at radius 1 is 1.16 bits per heavy atom. The van der Waals surface area contributed by atoms with E-state index in [-0.39, 0.29) is 24.0 Å². The average Bonchev–Trinajstić information content (AvgIpc) is 2.97. The number of rotatable bonds is 9. The van der Waals surface area contributed by atoms with Gasteiger partial charge in [-0.05, 0) is 44.7 Å². The van der Waals surface area contributed by atoms with Crippen molar-refractivity contribution < 1.29 is 4.74 Å². The van der Waals surface area contributed by atoms with Gasteiger partial charge in [0.25, 0.3) is 0 Å². The third-order valence-electron chi connectivity index (χ3n) is 5.26. The molecule has 8 heteroatoms. The summed E-state index contributed by atoms with van der Waals surface area (Å²) in [6.07, 6.45) is 6.59. The molecule has 2 N–H and O–H groups in total. The fraction of sp³-hybridized carbons (Fsp3) is 0.609. The lowest BCUT2D eigenvalue weighted by Crippen LogP contribution is -2.38. The van der Waals surface area contributed by atoms with Gasteiger partial charge in [-0.1, -0.05) is 25.5 Å². The van der Waals surface area contributed by atoms with Crippen molar-refractivity contribution in [2.24, 2.45) is 4.99 Å². The predicted molar refractivity (Wildman–Crippen MR) is 136 cm³/mol. The zero-order chi connectivity index (χ0) is 21.2. The minimum atomic E-state index is 0. The molecule has 31 heavy (non-hydrogen) atoms. The highest BCUT2D eigenvalue weighted by atomic mass is 127. The zero-order valence-corrected chi connectivity index (χ0v) is 21.4. The van der Waals surface area contributed by atoms with Crippen molar-refractivity contribution in [3.05, 3.63) is 41.0 Å². The largest absolute Gasteiger partial charge is 0.493 e. The summed E-state index contributed by atoms with van der Waals surface area (Å²) in [4.78, 5) is 4.78. The highest BCUT2D eigenvalue weighted by Gasteiger charge is 2.14. The fourth-order valence-electron chi connectivity index (χ4n) is 3.67. The van der Waals surface area contributed by atoms with Crippen molar-refractivity contribution >= 4 is 29.9 Å². The van der Waals surface area contributed by atoms with Gasteiger partial charge in [0.15, 0.2) is 5.96 Å². The predicted octanol–water partition coefficient (Wildman–Crippen LogP) is 4.02. The van der Waals surface area contributed by atoms with Crippen LogP contribution in [0.3, 0.4) is 0 Å². The number of benzene rings is 1. The molecule has 0 spiro atoms. The van der Waals surface area contributed by atoms with E-state index in [9.17, 15) is 0 Å². The number of hydrogen-bond donors (Lipinski definition) is 2. The van der Waals surface area contributed by atoms with Gasteiger partial charge in [-0.3, -0.25) is 0 Å². The summed E-state index contributed by atoms with van der Waals surface area (Å²) in [7, 11) is 0. The summed E-state index contributed by atoms with van der Waals surface area (Å²) < 4.78 is 8.23. The maximum absolute atomic E-state index is 5.92. The van der Waals surface area contributed by atoms with Crippen LogP contribution in [0.4, 0.5) is 0 Å². The standard InChI is InChI=1S/C23H36N6O.HI/c1-4-15-30-20-16-18(3)10-11-19(20)17-26-23(24-5-2)25-13-12-22-28-27-21-9-7-6-8-14-29(21)22;/h10-11,16H,4-9,12-15,17H2,1-3H3,(H2,24,25,26);1H. The third-order valence-corrected chi connectivity index (χ3v) is 5.26. The van der Waals surface area contributed by atoms with Gasteiger partial charge in [0.05, 0.1) is 13.2 Å². The van der Waals surface area contributed by atoms with Crippen LogP contribution in [0, 0.1) is 6.92 Å². The number of nitrogens with one attached hydrogen (secondary N) is 2. The van der Waals surface area contributed by atoms with E-state index >= 15 is 0 Å². The van der Waals surface area contributed by atoms with Gasteiger partial charge in [0, 0.05) is 38.0 Å². The summed E-state index contributed by atoms with van der Waals surface area (Å²) in [5.41, 5.74) is 2.31. The van der Waals surface area contributed by atoms with Crippen LogP contribution >= 0.6 is 24.0 Å². The van der Waals surface area contributed by atoms with Gasteiger partial charge in [0.2, 0.25) is 0 Å². The Hall–Kier alpha value is -1.84. The molecule has 0 bridgehead atoms. The highest BCUT2D eigenvalue weighted by Crippen LogP contribution is 2.21. The Morgan fingerprint density at radius 3 is 2.84 bits per heavy atom. The van der Waals surface area contributed by atoms with E-state index in [0.717, 1.165) is 74.4 Å². The van der Waals surface area contributed by atoms with Gasteiger partial charge in [0.1, 0.15) is 17.4 Å². The molecule has 0 unspecified atom stereocenters. The van der Waals surface area contributed by atoms with Gasteiger partial charge < -0.3 is 19.9 Å². The van der Waals surface area contributed by atoms with E-state index in [1.54, 1.807) is 0 Å². The molecule has 2 aromatic rings. The maximum Gasteiger partial charge on any atom is 0.191 e. The second-order valence-corrected chi connectivity index (χ2v) is 7.83. The highest BCUT2D eigenvalue weighted by molar-refractivity contribution is 14.0. The zero-order valence-electron chi connectivity index (χ0n) is 19.1. The van der Waals surface area contributed by atoms with E-state index in [1.807, 2.05) is 0 Å². The summed E-state index contributed by atoms with van der Waals surface area (Å²) in [5.74, 6) is 3.96. The quantitative estimate of drug-likeness (QED) is 0.286. The molecule has 172 valence electrons. The summed E-state index contributed by atoms with van der Waals surface area (Å²) >= 11 is 0. The molecule has 0 atom stereocenters. The lowest BCUT2D eigenvalue weighted by atomic mass is 10.1. The van der Waals surface area contributed by atoms with E-state index in [0.29, 0.717) is 6.54 Å². The molecule has 0 amide bonds. The number of halogens is 1. The van der Waals surface area contributed by atoms with E-state index in [4.69, 9.17) is 9.73 Å². The van der Waals surface area contributed by atoms with Crippen molar-refractivity contribution in [2.75, 3.05) is 19.7 Å². The number of hydrogen-bond acceptors (Lipinski definition) is 4. The first-order valence-electron chi connectivity index (χ1n) is 11.4. The molecule has 0 saturated heterocycles. The second-order valence-electron chi connectivity index (χ2n) is 7.83. The number of guanidine groups is 1. The van der Waals surface area contributed by atoms with Crippen LogP contribution in [-0.4, -0.2) is 40.4 Å². The first-order chi connectivity index (χ1) is 14.7. The number of aryl methyl sites for hydroxylation is 2. The van der Waals surface area contributed by atoms with Crippen LogP contribution in [0.1, 0.15) is 62.3 Å². The summed E-state index contributed by atoms with van der Waals surface area (Å²) in [6.45, 7) is 10.2. The van der Waals surface area contributed by atoms with E-state index in [2.05, 4.69) is 64.4 Å². The molecule has 7 nitrogen and oxygen atoms in total. The third kappa shape index (κ3) is 7.66. The SMILES string of the molecule is CCCOc1cc(C)ccc1CN=C(NCC)NCCc1nnc2n1CCCCC2.I. The average molecular weight is 540 g/mol. The molecule has 0 radical (unpaired) electrons. The van der Waals surface area contributed by atoms with Crippen LogP contribution in [-0.2, 0) is 25.9 Å². The maximum atomic E-state index is 5.92. The topological polar surface area (TPSA) is 76.4 Å². The monoisotopic (exact) mass is 540 g/mol.